The van der Waals surface area contributed by atoms with Crippen LogP contribution in [0, 0.1) is 20.8 Å². The Morgan fingerprint density at radius 2 is 1.65 bits per heavy atom. The first kappa shape index (κ1) is 13.9. The van der Waals surface area contributed by atoms with Crippen molar-refractivity contribution in [2.75, 3.05) is 7.11 Å². The van der Waals surface area contributed by atoms with Crippen molar-refractivity contribution in [3.63, 3.8) is 0 Å². The molecule has 1 rings (SSSR count). The van der Waals surface area contributed by atoms with Gasteiger partial charge in [-0.1, -0.05) is 6.07 Å². The van der Waals surface area contributed by atoms with Crippen LogP contribution in [0.15, 0.2) is 12.1 Å². The highest BCUT2D eigenvalue weighted by Crippen LogP contribution is 2.21. The van der Waals surface area contributed by atoms with Gasteiger partial charge in [0.25, 0.3) is 0 Å². The standard InChI is InChI=1S/C15H22O2/c1-10-7-12(3)13(8-11(10)2)14(16)9-15(4,5)17-6/h7-8H,9H2,1-6H3. The maximum Gasteiger partial charge on any atom is 0.166 e. The summed E-state index contributed by atoms with van der Waals surface area (Å²) in [5, 5.41) is 0. The van der Waals surface area contributed by atoms with Gasteiger partial charge in [0.1, 0.15) is 0 Å². The fourth-order valence-corrected chi connectivity index (χ4v) is 1.81. The molecule has 0 saturated heterocycles. The van der Waals surface area contributed by atoms with Crippen molar-refractivity contribution >= 4 is 5.78 Å². The molecule has 2 heteroatoms. The van der Waals surface area contributed by atoms with Crippen LogP contribution in [-0.2, 0) is 4.74 Å². The molecular formula is C15H22O2. The van der Waals surface area contributed by atoms with Crippen LogP contribution in [0.4, 0.5) is 0 Å². The second-order valence-electron chi connectivity index (χ2n) is 5.32. The lowest BCUT2D eigenvalue weighted by Gasteiger charge is -2.22. The molecule has 0 spiro atoms. The lowest BCUT2D eigenvalue weighted by Crippen LogP contribution is -2.26. The highest BCUT2D eigenvalue weighted by Gasteiger charge is 2.23. The number of methoxy groups -OCH3 is 1. The second kappa shape index (κ2) is 5.01. The van der Waals surface area contributed by atoms with Crippen molar-refractivity contribution in [3.8, 4) is 0 Å². The minimum atomic E-state index is -0.400. The first-order valence-corrected chi connectivity index (χ1v) is 5.93. The van der Waals surface area contributed by atoms with E-state index in [1.807, 2.05) is 33.8 Å². The van der Waals surface area contributed by atoms with Gasteiger partial charge in [0.15, 0.2) is 5.78 Å². The molecule has 0 heterocycles. The average Bonchev–Trinajstić information content (AvgIpc) is 2.22. The monoisotopic (exact) mass is 234 g/mol. The van der Waals surface area contributed by atoms with Gasteiger partial charge in [-0.2, -0.15) is 0 Å². The second-order valence-corrected chi connectivity index (χ2v) is 5.32. The summed E-state index contributed by atoms with van der Waals surface area (Å²) in [6, 6.07) is 4.06. The largest absolute Gasteiger partial charge is 0.378 e. The third-order valence-corrected chi connectivity index (χ3v) is 3.28. The summed E-state index contributed by atoms with van der Waals surface area (Å²) in [6.45, 7) is 9.95. The zero-order valence-electron chi connectivity index (χ0n) is 11.7. The van der Waals surface area contributed by atoms with E-state index in [-0.39, 0.29) is 5.78 Å². The van der Waals surface area contributed by atoms with Crippen LogP contribution >= 0.6 is 0 Å². The molecule has 0 fully saturated rings. The number of Topliss-reactive ketones (excluding diaryl/α,β-unsaturated/α-hetero) is 1. The zero-order valence-corrected chi connectivity index (χ0v) is 11.7. The molecule has 1 aromatic carbocycles. The van der Waals surface area contributed by atoms with E-state index in [0.717, 1.165) is 16.7 Å². The number of aryl methyl sites for hydroxylation is 3. The molecule has 94 valence electrons. The lowest BCUT2D eigenvalue weighted by atomic mass is 9.92. The Balaban J connectivity index is 3.01. The number of ether oxygens (including phenoxy) is 1. The predicted octanol–water partition coefficient (Wildman–Crippen LogP) is 3.61. The Labute approximate surface area is 104 Å². The van der Waals surface area contributed by atoms with E-state index in [4.69, 9.17) is 4.74 Å². The van der Waals surface area contributed by atoms with Crippen LogP contribution in [0.2, 0.25) is 0 Å². The number of benzene rings is 1. The molecule has 0 aliphatic carbocycles. The molecule has 0 aliphatic rings. The van der Waals surface area contributed by atoms with Gasteiger partial charge < -0.3 is 4.74 Å². The van der Waals surface area contributed by atoms with Crippen LogP contribution in [0.5, 0.6) is 0 Å². The van der Waals surface area contributed by atoms with Crippen LogP contribution in [-0.4, -0.2) is 18.5 Å². The molecule has 0 bridgehead atoms. The van der Waals surface area contributed by atoms with Gasteiger partial charge in [-0.3, -0.25) is 4.79 Å². The first-order chi connectivity index (χ1) is 7.76. The van der Waals surface area contributed by atoms with Gasteiger partial charge in [0.05, 0.1) is 5.60 Å². The van der Waals surface area contributed by atoms with E-state index in [1.165, 1.54) is 5.56 Å². The highest BCUT2D eigenvalue weighted by molar-refractivity contribution is 5.98. The van der Waals surface area contributed by atoms with Gasteiger partial charge in [0.2, 0.25) is 0 Å². The molecule has 0 N–H and O–H groups in total. The van der Waals surface area contributed by atoms with Crippen LogP contribution in [0.3, 0.4) is 0 Å². The Morgan fingerprint density at radius 3 is 2.18 bits per heavy atom. The molecule has 0 unspecified atom stereocenters. The van der Waals surface area contributed by atoms with Crippen molar-refractivity contribution in [3.05, 3.63) is 34.4 Å². The first-order valence-electron chi connectivity index (χ1n) is 5.93. The fraction of sp³-hybridized carbons (Fsp3) is 0.533. The minimum absolute atomic E-state index is 0.150. The SMILES string of the molecule is COC(C)(C)CC(=O)c1cc(C)c(C)cc1C. The van der Waals surface area contributed by atoms with Crippen molar-refractivity contribution in [2.24, 2.45) is 0 Å². The third-order valence-electron chi connectivity index (χ3n) is 3.28. The molecule has 0 radical (unpaired) electrons. The number of carbonyl (C=O) groups excluding carboxylic acids is 1. The summed E-state index contributed by atoms with van der Waals surface area (Å²) in [5.74, 6) is 0.150. The molecule has 17 heavy (non-hydrogen) atoms. The molecule has 0 aliphatic heterocycles. The summed E-state index contributed by atoms with van der Waals surface area (Å²) in [4.78, 5) is 12.2. The minimum Gasteiger partial charge on any atom is -0.378 e. The molecule has 2 nitrogen and oxygen atoms in total. The molecule has 1 aromatic rings. The summed E-state index contributed by atoms with van der Waals surface area (Å²) in [6.07, 6.45) is 0.410. The van der Waals surface area contributed by atoms with Crippen molar-refractivity contribution < 1.29 is 9.53 Å². The zero-order chi connectivity index (χ0) is 13.2. The smallest absolute Gasteiger partial charge is 0.166 e. The molecular weight excluding hydrogens is 212 g/mol. The van der Waals surface area contributed by atoms with Gasteiger partial charge >= 0.3 is 0 Å². The normalized spacial score (nSPS) is 11.6. The summed E-state index contributed by atoms with van der Waals surface area (Å²) in [7, 11) is 1.64. The predicted molar refractivity (Wildman–Crippen MR) is 70.7 cm³/mol. The van der Waals surface area contributed by atoms with Gasteiger partial charge in [-0.15, -0.1) is 0 Å². The Bertz CT molecular complexity index is 431. The van der Waals surface area contributed by atoms with E-state index in [1.54, 1.807) is 7.11 Å². The number of carbonyl (C=O) groups is 1. The maximum atomic E-state index is 12.2. The highest BCUT2D eigenvalue weighted by atomic mass is 16.5. The van der Waals surface area contributed by atoms with Crippen molar-refractivity contribution in [2.45, 2.75) is 46.6 Å². The maximum absolute atomic E-state index is 12.2. The van der Waals surface area contributed by atoms with Crippen LogP contribution in [0.1, 0.15) is 47.3 Å². The molecule has 0 saturated carbocycles. The summed E-state index contributed by atoms with van der Waals surface area (Å²) >= 11 is 0. The number of hydrogen-bond acceptors (Lipinski definition) is 2. The quantitative estimate of drug-likeness (QED) is 0.744. The van der Waals surface area contributed by atoms with Gasteiger partial charge in [-0.25, -0.2) is 0 Å². The van der Waals surface area contributed by atoms with Crippen molar-refractivity contribution in [1.82, 2.24) is 0 Å². The van der Waals surface area contributed by atoms with Gasteiger partial charge in [-0.05, 0) is 57.4 Å². The Kier molecular flexibility index (Phi) is 4.10. The third kappa shape index (κ3) is 3.40. The Morgan fingerprint density at radius 1 is 1.12 bits per heavy atom. The van der Waals surface area contributed by atoms with Crippen LogP contribution < -0.4 is 0 Å². The van der Waals surface area contributed by atoms with E-state index < -0.39 is 5.60 Å². The molecule has 0 aromatic heterocycles. The Hall–Kier alpha value is -1.15. The lowest BCUT2D eigenvalue weighted by molar-refractivity contribution is 0.0172. The van der Waals surface area contributed by atoms with Crippen molar-refractivity contribution in [1.29, 1.82) is 0 Å². The molecule has 0 amide bonds. The topological polar surface area (TPSA) is 26.3 Å². The average molecular weight is 234 g/mol. The molecule has 0 atom stereocenters. The number of rotatable bonds is 4. The van der Waals surface area contributed by atoms with E-state index >= 15 is 0 Å². The fourth-order valence-electron chi connectivity index (χ4n) is 1.81. The number of hydrogen-bond donors (Lipinski definition) is 0. The van der Waals surface area contributed by atoms with Crippen LogP contribution in [0.25, 0.3) is 0 Å². The van der Waals surface area contributed by atoms with Gasteiger partial charge in [0, 0.05) is 19.1 Å². The summed E-state index contributed by atoms with van der Waals surface area (Å²) < 4.78 is 5.30. The summed E-state index contributed by atoms with van der Waals surface area (Å²) in [5.41, 5.74) is 3.85. The van der Waals surface area contributed by atoms with E-state index in [9.17, 15) is 4.79 Å². The number of ketones is 1. The van der Waals surface area contributed by atoms with E-state index in [2.05, 4.69) is 13.0 Å². The van der Waals surface area contributed by atoms with E-state index in [0.29, 0.717) is 6.42 Å².